The van der Waals surface area contributed by atoms with Crippen molar-refractivity contribution < 1.29 is 18.9 Å². The first-order valence-corrected chi connectivity index (χ1v) is 8.78. The molecule has 0 heterocycles. The van der Waals surface area contributed by atoms with E-state index >= 15 is 0 Å². The molecule has 4 heteroatoms. The van der Waals surface area contributed by atoms with Gasteiger partial charge in [-0.3, -0.25) is 0 Å². The molecule has 0 saturated heterocycles. The van der Waals surface area contributed by atoms with E-state index in [1.54, 1.807) is 0 Å². The van der Waals surface area contributed by atoms with E-state index in [-0.39, 0.29) is 18.9 Å². The van der Waals surface area contributed by atoms with Crippen molar-refractivity contribution in [1.82, 2.24) is 0 Å². The van der Waals surface area contributed by atoms with Crippen LogP contribution in [0.1, 0.15) is 41.5 Å². The summed E-state index contributed by atoms with van der Waals surface area (Å²) in [6, 6.07) is 0. The normalized spacial score (nSPS) is 12.9. The molecule has 14 heavy (non-hydrogen) atoms. The molecule has 0 radical (unpaired) electrons. The molecule has 0 nitrogen and oxygen atoms in total. The summed E-state index contributed by atoms with van der Waals surface area (Å²) in [6.45, 7) is 14.1. The zero-order valence-corrected chi connectivity index (χ0v) is 14.7. The van der Waals surface area contributed by atoms with Gasteiger partial charge < -0.3 is 31.9 Å². The first-order valence-electron chi connectivity index (χ1n) is 4.96. The molecule has 0 aliphatic carbocycles. The summed E-state index contributed by atoms with van der Waals surface area (Å²) in [4.78, 5) is 0. The monoisotopic (exact) mass is 334 g/mol. The van der Waals surface area contributed by atoms with Crippen LogP contribution in [0.25, 0.3) is 0 Å². The average Bonchev–Trinajstić information content (AvgIpc) is 1.82. The van der Waals surface area contributed by atoms with Crippen LogP contribution in [0.2, 0.25) is 16.6 Å². The van der Waals surface area contributed by atoms with Gasteiger partial charge in [0.25, 0.3) is 0 Å². The van der Waals surface area contributed by atoms with Gasteiger partial charge in [0.15, 0.2) is 0 Å². The molecule has 0 N–H and O–H groups in total. The van der Waals surface area contributed by atoms with Crippen molar-refractivity contribution in [3.8, 4) is 0 Å². The Morgan fingerprint density at radius 1 is 0.786 bits per heavy atom. The summed E-state index contributed by atoms with van der Waals surface area (Å²) in [5, 5.41) is 0. The molecule has 0 rings (SSSR count). The Morgan fingerprint density at radius 3 is 1.00 bits per heavy atom. The maximum Gasteiger partial charge on any atom is 1.00 e. The Hall–Kier alpha value is 1.77. The van der Waals surface area contributed by atoms with E-state index < -0.39 is 8.07 Å². The maximum atomic E-state index is 3.69. The van der Waals surface area contributed by atoms with E-state index in [0.29, 0.717) is 0 Å². The molecule has 0 aliphatic rings. The van der Waals surface area contributed by atoms with Gasteiger partial charge in [-0.2, -0.15) is 3.36 Å². The number of rotatable bonds is 4. The first-order chi connectivity index (χ1) is 5.77. The van der Waals surface area contributed by atoms with Crippen LogP contribution in [0.15, 0.2) is 0 Å². The molecule has 0 atom stereocenters. The molecule has 0 aromatic carbocycles. The molecule has 0 aromatic rings. The average molecular weight is 336 g/mol. The van der Waals surface area contributed by atoms with Gasteiger partial charge >= 0.3 is 18.9 Å². The third-order valence-corrected chi connectivity index (χ3v) is 13.7. The van der Waals surface area contributed by atoms with Crippen molar-refractivity contribution >= 4 is 39.9 Å². The van der Waals surface area contributed by atoms with Crippen LogP contribution in [-0.4, -0.2) is 8.07 Å². The van der Waals surface area contributed by atoms with E-state index in [2.05, 4.69) is 73.4 Å². The SMILES string of the molecule is CC(C)[Si]([C-](Br)Br)(C(C)C)C(C)C.[Li+]. The van der Waals surface area contributed by atoms with E-state index in [9.17, 15) is 0 Å². The van der Waals surface area contributed by atoms with Crippen LogP contribution in [0.5, 0.6) is 0 Å². The maximum absolute atomic E-state index is 3.69. The van der Waals surface area contributed by atoms with Crippen LogP contribution in [0, 0.1) is 3.36 Å². The molecule has 0 spiro atoms. The Kier molecular flexibility index (Phi) is 9.29. The van der Waals surface area contributed by atoms with Gasteiger partial charge in [-0.25, -0.2) is 0 Å². The van der Waals surface area contributed by atoms with Crippen molar-refractivity contribution in [3.05, 3.63) is 3.36 Å². The Labute approximate surface area is 119 Å². The van der Waals surface area contributed by atoms with Crippen molar-refractivity contribution in [1.29, 1.82) is 0 Å². The van der Waals surface area contributed by atoms with E-state index in [1.807, 2.05) is 0 Å². The third kappa shape index (κ3) is 3.38. The van der Waals surface area contributed by atoms with Gasteiger partial charge in [0.2, 0.25) is 0 Å². The predicted molar refractivity (Wildman–Crippen MR) is 72.1 cm³/mol. The molecule has 0 amide bonds. The van der Waals surface area contributed by atoms with E-state index in [1.165, 1.54) is 3.36 Å². The molecule has 0 aliphatic heterocycles. The fourth-order valence-electron chi connectivity index (χ4n) is 2.65. The molecular formula is C10H21Br2LiSi. The van der Waals surface area contributed by atoms with Crippen LogP contribution in [-0.2, 0) is 0 Å². The summed E-state index contributed by atoms with van der Waals surface area (Å²) in [5.41, 5.74) is 2.34. The van der Waals surface area contributed by atoms with Crippen molar-refractivity contribution in [2.45, 2.75) is 58.2 Å². The molecule has 0 bridgehead atoms. The first kappa shape index (κ1) is 18.1. The van der Waals surface area contributed by atoms with Crippen molar-refractivity contribution in [2.24, 2.45) is 0 Å². The number of halogens is 2. The fourth-order valence-corrected chi connectivity index (χ4v) is 16.2. The second-order valence-corrected chi connectivity index (χ2v) is 14.6. The minimum absolute atomic E-state index is 0. The summed E-state index contributed by atoms with van der Waals surface area (Å²) < 4.78 is 1.35. The molecular weight excluding hydrogens is 315 g/mol. The summed E-state index contributed by atoms with van der Waals surface area (Å²) in [7, 11) is -1.35. The molecule has 0 unspecified atom stereocenters. The predicted octanol–water partition coefficient (Wildman–Crippen LogP) is 2.49. The van der Waals surface area contributed by atoms with Gasteiger partial charge in [-0.05, 0) is 0 Å². The largest absolute Gasteiger partial charge is 1.00 e. The van der Waals surface area contributed by atoms with Gasteiger partial charge in [-0.15, -0.1) is 0 Å². The molecule has 80 valence electrons. The second-order valence-electron chi connectivity index (χ2n) is 4.66. The van der Waals surface area contributed by atoms with Crippen LogP contribution < -0.4 is 18.9 Å². The van der Waals surface area contributed by atoms with E-state index in [4.69, 9.17) is 0 Å². The molecule has 0 fully saturated rings. The van der Waals surface area contributed by atoms with E-state index in [0.717, 1.165) is 16.6 Å². The smallest absolute Gasteiger partial charge is 0.307 e. The summed E-state index contributed by atoms with van der Waals surface area (Å²) in [5.74, 6) is 0. The molecule has 0 aromatic heterocycles. The second kappa shape index (κ2) is 7.17. The van der Waals surface area contributed by atoms with Crippen LogP contribution >= 0.6 is 31.9 Å². The van der Waals surface area contributed by atoms with Gasteiger partial charge in [0.05, 0.1) is 0 Å². The Morgan fingerprint density at radius 2 is 1.00 bits per heavy atom. The minimum atomic E-state index is -1.35. The zero-order chi connectivity index (χ0) is 10.8. The third-order valence-electron chi connectivity index (χ3n) is 3.19. The fraction of sp³-hybridized carbons (Fsp3) is 0.900. The van der Waals surface area contributed by atoms with Gasteiger partial charge in [0.1, 0.15) is 0 Å². The van der Waals surface area contributed by atoms with Gasteiger partial charge in [0, 0.05) is 0 Å². The minimum Gasteiger partial charge on any atom is -0.307 e. The topological polar surface area (TPSA) is 0 Å². The number of hydrogen-bond donors (Lipinski definition) is 0. The van der Waals surface area contributed by atoms with Crippen LogP contribution in [0.4, 0.5) is 0 Å². The standard InChI is InChI=1S/C10H21Br2Si.Li/c1-7(2)13(8(3)4,9(5)6)10(11)12;/h7-9H,1-6H3;/q-1;+1. The zero-order valence-electron chi connectivity index (χ0n) is 10.5. The van der Waals surface area contributed by atoms with Crippen LogP contribution in [0.3, 0.4) is 0 Å². The Balaban J connectivity index is 0. The summed E-state index contributed by atoms with van der Waals surface area (Å²) in [6.07, 6.45) is 0. The van der Waals surface area contributed by atoms with Crippen molar-refractivity contribution in [3.63, 3.8) is 0 Å². The summed E-state index contributed by atoms with van der Waals surface area (Å²) >= 11 is 7.39. The van der Waals surface area contributed by atoms with Crippen molar-refractivity contribution in [2.75, 3.05) is 0 Å². The van der Waals surface area contributed by atoms with Gasteiger partial charge in [-0.1, -0.05) is 66.2 Å². The quantitative estimate of drug-likeness (QED) is 0.547. The Bertz CT molecular complexity index is 121. The number of hydrogen-bond acceptors (Lipinski definition) is 0. The molecule has 0 saturated carbocycles.